The molecule has 0 aliphatic rings. The number of hydrogen-bond acceptors (Lipinski definition) is 6. The zero-order valence-electron chi connectivity index (χ0n) is 7.49. The number of aromatic hydroxyl groups is 1. The van der Waals surface area contributed by atoms with Gasteiger partial charge in [-0.1, -0.05) is 0 Å². The second kappa shape index (κ2) is 2.81. The van der Waals surface area contributed by atoms with E-state index in [-0.39, 0.29) is 5.75 Å². The largest absolute Gasteiger partial charge is 0.506 e. The molecule has 2 heterocycles. The topological polar surface area (TPSA) is 84.7 Å². The fourth-order valence-electron chi connectivity index (χ4n) is 1.51. The molecule has 1 N–H and O–H groups in total. The van der Waals surface area contributed by atoms with Crippen LogP contribution in [0.2, 0.25) is 0 Å². The molecule has 3 aromatic rings. The summed E-state index contributed by atoms with van der Waals surface area (Å²) in [6, 6.07) is 3.24. The molecule has 6 heteroatoms. The molecule has 0 atom stereocenters. The monoisotopic (exact) mass is 199 g/mol. The van der Waals surface area contributed by atoms with Crippen molar-refractivity contribution in [2.24, 2.45) is 0 Å². The van der Waals surface area contributed by atoms with Gasteiger partial charge in [0.2, 0.25) is 0 Å². The Morgan fingerprint density at radius 3 is 2.93 bits per heavy atom. The van der Waals surface area contributed by atoms with Crippen molar-refractivity contribution < 1.29 is 5.11 Å². The highest BCUT2D eigenvalue weighted by molar-refractivity contribution is 6.04. The summed E-state index contributed by atoms with van der Waals surface area (Å²) >= 11 is 0. The molecule has 3 rings (SSSR count). The molecule has 6 nitrogen and oxygen atoms in total. The minimum atomic E-state index is 0.0514. The maximum atomic E-state index is 9.65. The van der Waals surface area contributed by atoms with Crippen LogP contribution in [0.1, 0.15) is 0 Å². The summed E-state index contributed by atoms with van der Waals surface area (Å²) in [5, 5.41) is 21.5. The Morgan fingerprint density at radius 1 is 1.13 bits per heavy atom. The lowest BCUT2D eigenvalue weighted by atomic mass is 10.2. The lowest BCUT2D eigenvalue weighted by Crippen LogP contribution is -1.79. The molecular formula is C9H5N5O. The molecule has 0 bridgehead atoms. The number of hydrogen-bond donors (Lipinski definition) is 1. The van der Waals surface area contributed by atoms with E-state index in [1.165, 1.54) is 18.6 Å². The maximum Gasteiger partial charge on any atom is 0.145 e. The summed E-state index contributed by atoms with van der Waals surface area (Å²) in [6.07, 6.45) is 2.93. The lowest BCUT2D eigenvalue weighted by molar-refractivity contribution is 0.481. The highest BCUT2D eigenvalue weighted by atomic mass is 16.3. The maximum absolute atomic E-state index is 9.65. The third kappa shape index (κ3) is 1.08. The van der Waals surface area contributed by atoms with Gasteiger partial charge in [0.05, 0.1) is 6.20 Å². The highest BCUT2D eigenvalue weighted by Gasteiger charge is 2.08. The molecule has 0 spiro atoms. The molecule has 0 aliphatic carbocycles. The van der Waals surface area contributed by atoms with Crippen molar-refractivity contribution in [1.29, 1.82) is 0 Å². The van der Waals surface area contributed by atoms with Crippen molar-refractivity contribution in [3.63, 3.8) is 0 Å². The summed E-state index contributed by atoms with van der Waals surface area (Å²) in [4.78, 5) is 8.03. The van der Waals surface area contributed by atoms with Crippen molar-refractivity contribution >= 4 is 21.9 Å². The molecule has 0 saturated heterocycles. The number of fused-ring (bicyclic) bond motifs is 3. The molecular weight excluding hydrogens is 194 g/mol. The molecule has 1 aromatic carbocycles. The zero-order valence-corrected chi connectivity index (χ0v) is 7.49. The molecule has 0 radical (unpaired) electrons. The second-order valence-corrected chi connectivity index (χ2v) is 3.02. The van der Waals surface area contributed by atoms with Crippen LogP contribution in [0.25, 0.3) is 21.9 Å². The van der Waals surface area contributed by atoms with Gasteiger partial charge in [-0.25, -0.2) is 9.97 Å². The second-order valence-electron chi connectivity index (χ2n) is 3.02. The van der Waals surface area contributed by atoms with Gasteiger partial charge in [-0.2, -0.15) is 0 Å². The van der Waals surface area contributed by atoms with Gasteiger partial charge in [0.25, 0.3) is 0 Å². The predicted molar refractivity (Wildman–Crippen MR) is 52.1 cm³/mol. The van der Waals surface area contributed by atoms with E-state index in [0.29, 0.717) is 16.6 Å². The van der Waals surface area contributed by atoms with Crippen LogP contribution in [-0.4, -0.2) is 30.5 Å². The van der Waals surface area contributed by atoms with Crippen LogP contribution in [0, 0.1) is 0 Å². The highest BCUT2D eigenvalue weighted by Crippen LogP contribution is 2.27. The van der Waals surface area contributed by atoms with Crippen LogP contribution in [0.5, 0.6) is 5.75 Å². The van der Waals surface area contributed by atoms with Gasteiger partial charge in [-0.3, -0.25) is 0 Å². The summed E-state index contributed by atoms with van der Waals surface area (Å²) in [5.41, 5.74) is 1.62. The van der Waals surface area contributed by atoms with Gasteiger partial charge in [0.1, 0.15) is 28.6 Å². The van der Waals surface area contributed by atoms with E-state index in [4.69, 9.17) is 0 Å². The number of nitrogens with zero attached hydrogens (tertiary/aromatic N) is 5. The first-order chi connectivity index (χ1) is 7.36. The van der Waals surface area contributed by atoms with Gasteiger partial charge >= 0.3 is 0 Å². The van der Waals surface area contributed by atoms with Gasteiger partial charge in [0.15, 0.2) is 0 Å². The average Bonchev–Trinajstić information content (AvgIpc) is 2.60. The Balaban J connectivity index is 2.66. The Hall–Kier alpha value is -2.37. The average molecular weight is 199 g/mol. The smallest absolute Gasteiger partial charge is 0.145 e. The molecule has 0 saturated carbocycles. The number of phenolic OH excluding ortho intramolecular Hbond substituents is 1. The van der Waals surface area contributed by atoms with Gasteiger partial charge in [-0.05, 0) is 11.3 Å². The van der Waals surface area contributed by atoms with E-state index >= 15 is 0 Å². The number of aromatic nitrogens is 5. The number of rotatable bonds is 0. The Bertz CT molecular complexity index is 654. The number of imidazole rings is 1. The van der Waals surface area contributed by atoms with E-state index < -0.39 is 0 Å². The Kier molecular flexibility index (Phi) is 1.49. The molecule has 0 unspecified atom stereocenters. The summed E-state index contributed by atoms with van der Waals surface area (Å²) in [6.45, 7) is 0. The lowest BCUT2D eigenvalue weighted by Gasteiger charge is -1.95. The minimum Gasteiger partial charge on any atom is -0.506 e. The summed E-state index contributed by atoms with van der Waals surface area (Å²) < 4.78 is 0. The van der Waals surface area contributed by atoms with Crippen LogP contribution in [0.3, 0.4) is 0 Å². The summed E-state index contributed by atoms with van der Waals surface area (Å²) in [5.74, 6) is 0.0514. The molecule has 15 heavy (non-hydrogen) atoms. The third-order valence-electron chi connectivity index (χ3n) is 2.16. The number of benzene rings is 1. The minimum absolute atomic E-state index is 0.0514. The Labute approximate surface area is 83.6 Å². The van der Waals surface area contributed by atoms with Crippen molar-refractivity contribution in [3.05, 3.63) is 24.7 Å². The van der Waals surface area contributed by atoms with Gasteiger partial charge < -0.3 is 5.11 Å². The van der Waals surface area contributed by atoms with Crippen molar-refractivity contribution in [3.8, 4) is 5.75 Å². The van der Waals surface area contributed by atoms with Crippen LogP contribution in [-0.2, 0) is 0 Å². The first-order valence-corrected chi connectivity index (χ1v) is 4.27. The molecule has 0 amide bonds. The fraction of sp³-hybridized carbons (Fsp3) is 0. The van der Waals surface area contributed by atoms with Crippen molar-refractivity contribution in [2.45, 2.75) is 0 Å². The van der Waals surface area contributed by atoms with Crippen LogP contribution >= 0.6 is 0 Å². The van der Waals surface area contributed by atoms with E-state index in [9.17, 15) is 5.11 Å². The third-order valence-corrected chi connectivity index (χ3v) is 2.16. The standard InChI is InChI=1S/C9H5N5O/c15-7-3-6-5(1-2-12-14-13-6)8-9(7)11-4-10-8/h1-4,15H. The molecule has 0 fully saturated rings. The van der Waals surface area contributed by atoms with E-state index in [1.807, 2.05) is 0 Å². The van der Waals surface area contributed by atoms with Crippen LogP contribution in [0.15, 0.2) is 24.7 Å². The first kappa shape index (κ1) is 7.98. The molecule has 2 aromatic heterocycles. The number of phenols is 1. The zero-order chi connectivity index (χ0) is 10.3. The van der Waals surface area contributed by atoms with Crippen LogP contribution < -0.4 is 0 Å². The normalized spacial score (nSPS) is 10.9. The van der Waals surface area contributed by atoms with E-state index in [1.54, 1.807) is 6.07 Å². The quantitative estimate of drug-likeness (QED) is 0.572. The van der Waals surface area contributed by atoms with Crippen molar-refractivity contribution in [1.82, 2.24) is 25.4 Å². The predicted octanol–water partition coefficient (Wildman–Crippen LogP) is 0.674. The molecule has 72 valence electrons. The molecule has 0 aliphatic heterocycles. The van der Waals surface area contributed by atoms with Crippen LogP contribution in [0.4, 0.5) is 0 Å². The van der Waals surface area contributed by atoms with Gasteiger partial charge in [-0.15, -0.1) is 10.2 Å². The van der Waals surface area contributed by atoms with Gasteiger partial charge in [0, 0.05) is 11.5 Å². The Morgan fingerprint density at radius 2 is 2.00 bits per heavy atom. The van der Waals surface area contributed by atoms with E-state index in [0.717, 1.165) is 5.39 Å². The van der Waals surface area contributed by atoms with E-state index in [2.05, 4.69) is 25.4 Å². The summed E-state index contributed by atoms with van der Waals surface area (Å²) in [7, 11) is 0. The first-order valence-electron chi connectivity index (χ1n) is 4.27. The van der Waals surface area contributed by atoms with Crippen molar-refractivity contribution in [2.75, 3.05) is 0 Å². The fourth-order valence-corrected chi connectivity index (χ4v) is 1.51. The SMILES string of the molecule is Oc1cc2nnnccc2c2ncnc12.